The number of aromatic amines is 1. The molecule has 0 fully saturated rings. The average molecular weight is 303 g/mol. The van der Waals surface area contributed by atoms with Gasteiger partial charge in [0.15, 0.2) is 0 Å². The minimum absolute atomic E-state index is 0.211. The van der Waals surface area contributed by atoms with Crippen LogP contribution in [0.2, 0.25) is 0 Å². The zero-order chi connectivity index (χ0) is 16.3. The lowest BCUT2D eigenvalue weighted by molar-refractivity contribution is -0.139. The molecule has 0 aliphatic carbocycles. The maximum absolute atomic E-state index is 12.2. The summed E-state index contributed by atoms with van der Waals surface area (Å²) in [5.74, 6) is -1.59. The lowest BCUT2D eigenvalue weighted by Crippen LogP contribution is -2.40. The number of nitrogens with zero attached hydrogens (tertiary/aromatic N) is 1. The quantitative estimate of drug-likeness (QED) is 0.717. The summed E-state index contributed by atoms with van der Waals surface area (Å²) < 4.78 is 1.39. The van der Waals surface area contributed by atoms with Crippen LogP contribution in [0.25, 0.3) is 11.0 Å². The van der Waals surface area contributed by atoms with Crippen molar-refractivity contribution in [3.8, 4) is 0 Å². The van der Waals surface area contributed by atoms with Crippen LogP contribution in [0.4, 0.5) is 0 Å². The Morgan fingerprint density at radius 2 is 2.18 bits per heavy atom. The molecule has 0 radical (unpaired) electrons. The molecule has 22 heavy (non-hydrogen) atoms. The maximum atomic E-state index is 12.2. The van der Waals surface area contributed by atoms with E-state index in [9.17, 15) is 14.4 Å². The average Bonchev–Trinajstić information content (AvgIpc) is 2.77. The molecule has 0 saturated heterocycles. The van der Waals surface area contributed by atoms with E-state index in [-0.39, 0.29) is 12.1 Å². The van der Waals surface area contributed by atoms with E-state index in [1.807, 2.05) is 0 Å². The first-order valence-electron chi connectivity index (χ1n) is 6.77. The smallest absolute Gasteiger partial charge is 0.326 e. The van der Waals surface area contributed by atoms with E-state index in [2.05, 4.69) is 10.3 Å². The van der Waals surface area contributed by atoms with Crippen LogP contribution >= 0.6 is 0 Å². The fraction of sp³-hybridized carbons (Fsp3) is 0.267. The van der Waals surface area contributed by atoms with Gasteiger partial charge in [0.2, 0.25) is 0 Å². The molecular formula is C15H17N3O4. The number of benzene rings is 1. The van der Waals surface area contributed by atoms with Crippen molar-refractivity contribution >= 4 is 22.9 Å². The molecule has 1 aromatic carbocycles. The molecule has 0 saturated carbocycles. The molecule has 2 rings (SSSR count). The van der Waals surface area contributed by atoms with Gasteiger partial charge in [-0.3, -0.25) is 9.36 Å². The maximum Gasteiger partial charge on any atom is 0.326 e. The summed E-state index contributed by atoms with van der Waals surface area (Å²) in [5, 5.41) is 11.6. The Morgan fingerprint density at radius 3 is 2.82 bits per heavy atom. The van der Waals surface area contributed by atoms with Crippen LogP contribution in [0, 0.1) is 0 Å². The van der Waals surface area contributed by atoms with Crippen LogP contribution in [-0.4, -0.2) is 32.6 Å². The first-order chi connectivity index (χ1) is 10.4. The van der Waals surface area contributed by atoms with Gasteiger partial charge in [-0.15, -0.1) is 0 Å². The summed E-state index contributed by atoms with van der Waals surface area (Å²) in [4.78, 5) is 37.5. The second-order valence-electron chi connectivity index (χ2n) is 4.89. The summed E-state index contributed by atoms with van der Waals surface area (Å²) >= 11 is 0. The van der Waals surface area contributed by atoms with Crippen LogP contribution in [0.3, 0.4) is 0 Å². The molecule has 0 spiro atoms. The first-order valence-corrected chi connectivity index (χ1v) is 6.77. The molecular weight excluding hydrogens is 286 g/mol. The van der Waals surface area contributed by atoms with Crippen LogP contribution in [0.1, 0.15) is 23.7 Å². The number of hydrogen-bond donors (Lipinski definition) is 3. The molecule has 1 amide bonds. The number of imidazole rings is 1. The van der Waals surface area contributed by atoms with Crippen molar-refractivity contribution in [3.63, 3.8) is 0 Å². The number of carbonyl (C=O) groups is 2. The highest BCUT2D eigenvalue weighted by Gasteiger charge is 2.19. The third kappa shape index (κ3) is 3.08. The number of carboxylic acids is 1. The minimum Gasteiger partial charge on any atom is -0.480 e. The first kappa shape index (κ1) is 15.6. The number of amides is 1. The van der Waals surface area contributed by atoms with Crippen molar-refractivity contribution in [1.82, 2.24) is 14.9 Å². The summed E-state index contributed by atoms with van der Waals surface area (Å²) in [5.41, 5.74) is 1.23. The Hall–Kier alpha value is -2.83. The predicted octanol–water partition coefficient (Wildman–Crippen LogP) is 1.02. The van der Waals surface area contributed by atoms with Gasteiger partial charge in [-0.25, -0.2) is 9.59 Å². The highest BCUT2D eigenvalue weighted by molar-refractivity contribution is 5.99. The van der Waals surface area contributed by atoms with Gasteiger partial charge in [0.05, 0.1) is 11.0 Å². The van der Waals surface area contributed by atoms with E-state index >= 15 is 0 Å². The number of fused-ring (bicyclic) bond motifs is 1. The van der Waals surface area contributed by atoms with Gasteiger partial charge >= 0.3 is 11.7 Å². The Balaban J connectivity index is 2.26. The number of aliphatic carboxylic acids is 1. The van der Waals surface area contributed by atoms with Crippen LogP contribution in [0.15, 0.2) is 35.1 Å². The zero-order valence-corrected chi connectivity index (χ0v) is 12.3. The summed E-state index contributed by atoms with van der Waals surface area (Å²) in [6, 6.07) is 3.72. The molecule has 116 valence electrons. The van der Waals surface area contributed by atoms with E-state index in [1.165, 1.54) is 4.57 Å². The molecule has 7 heteroatoms. The van der Waals surface area contributed by atoms with Crippen molar-refractivity contribution in [1.29, 1.82) is 0 Å². The van der Waals surface area contributed by atoms with Crippen LogP contribution < -0.4 is 11.0 Å². The van der Waals surface area contributed by atoms with Crippen molar-refractivity contribution < 1.29 is 14.7 Å². The van der Waals surface area contributed by atoms with Gasteiger partial charge in [-0.2, -0.15) is 0 Å². The number of aromatic nitrogens is 2. The Kier molecular flexibility index (Phi) is 4.45. The largest absolute Gasteiger partial charge is 0.480 e. The number of allylic oxidation sites excluding steroid dienone is 1. The van der Waals surface area contributed by atoms with Crippen molar-refractivity contribution in [2.75, 3.05) is 0 Å². The summed E-state index contributed by atoms with van der Waals surface area (Å²) in [6.07, 6.45) is 3.62. The molecule has 3 N–H and O–H groups in total. The molecule has 7 nitrogen and oxygen atoms in total. The number of carbonyl (C=O) groups excluding carboxylic acids is 1. The fourth-order valence-corrected chi connectivity index (χ4v) is 2.10. The van der Waals surface area contributed by atoms with Gasteiger partial charge in [-0.05, 0) is 31.5 Å². The van der Waals surface area contributed by atoms with E-state index in [0.717, 1.165) is 0 Å². The van der Waals surface area contributed by atoms with Crippen LogP contribution in [0.5, 0.6) is 0 Å². The molecule has 0 aliphatic heterocycles. The highest BCUT2D eigenvalue weighted by atomic mass is 16.4. The van der Waals surface area contributed by atoms with Gasteiger partial charge in [-0.1, -0.05) is 12.2 Å². The molecule has 2 aromatic rings. The van der Waals surface area contributed by atoms with E-state index < -0.39 is 17.9 Å². The molecule has 0 bridgehead atoms. The number of nitrogens with one attached hydrogen (secondary N) is 2. The number of H-pyrrole nitrogens is 1. The Bertz CT molecular complexity index is 801. The van der Waals surface area contributed by atoms with Gasteiger partial charge in [0, 0.05) is 12.6 Å². The van der Waals surface area contributed by atoms with Gasteiger partial charge in [0.25, 0.3) is 5.91 Å². The normalized spacial score (nSPS) is 12.6. The summed E-state index contributed by atoms with van der Waals surface area (Å²) in [6.45, 7) is 1.78. The number of hydrogen-bond acceptors (Lipinski definition) is 3. The molecule has 1 aromatic heterocycles. The molecule has 1 atom stereocenters. The predicted molar refractivity (Wildman–Crippen MR) is 81.9 cm³/mol. The molecule has 0 aliphatic rings. The van der Waals surface area contributed by atoms with Crippen molar-refractivity contribution in [2.45, 2.75) is 19.4 Å². The van der Waals surface area contributed by atoms with Gasteiger partial charge in [0.1, 0.15) is 6.04 Å². The second kappa shape index (κ2) is 6.30. The lowest BCUT2D eigenvalue weighted by Gasteiger charge is -2.12. The highest BCUT2D eigenvalue weighted by Crippen LogP contribution is 2.12. The Morgan fingerprint density at radius 1 is 1.45 bits per heavy atom. The standard InChI is InChI=1S/C15H17N3O4/c1-3-4-5-11(14(20)21)16-13(19)9-6-7-10-12(8-9)18(2)15(22)17-10/h3-4,6-8,11H,5H2,1-2H3,(H,16,19)(H,17,22)(H,20,21)/b4-3+. The third-order valence-corrected chi connectivity index (χ3v) is 3.38. The number of rotatable bonds is 5. The molecule has 1 heterocycles. The fourth-order valence-electron chi connectivity index (χ4n) is 2.10. The van der Waals surface area contributed by atoms with Crippen molar-refractivity contribution in [2.24, 2.45) is 7.05 Å². The minimum atomic E-state index is -1.10. The van der Waals surface area contributed by atoms with Crippen LogP contribution in [-0.2, 0) is 11.8 Å². The Labute approximate surface area is 126 Å². The second-order valence-corrected chi connectivity index (χ2v) is 4.89. The van der Waals surface area contributed by atoms with Gasteiger partial charge < -0.3 is 15.4 Å². The van der Waals surface area contributed by atoms with E-state index in [4.69, 9.17) is 5.11 Å². The SMILES string of the molecule is C/C=C/CC(NC(=O)c1ccc2[nH]c(=O)n(C)c2c1)C(=O)O. The number of aryl methyl sites for hydroxylation is 1. The lowest BCUT2D eigenvalue weighted by atomic mass is 10.1. The van der Waals surface area contributed by atoms with E-state index in [0.29, 0.717) is 16.6 Å². The van der Waals surface area contributed by atoms with Crippen molar-refractivity contribution in [3.05, 3.63) is 46.4 Å². The zero-order valence-electron chi connectivity index (χ0n) is 12.3. The van der Waals surface area contributed by atoms with E-state index in [1.54, 1.807) is 44.3 Å². The monoisotopic (exact) mass is 303 g/mol. The third-order valence-electron chi connectivity index (χ3n) is 3.38. The summed E-state index contributed by atoms with van der Waals surface area (Å²) in [7, 11) is 1.59. The topological polar surface area (TPSA) is 104 Å². The molecule has 1 unspecified atom stereocenters. The number of carboxylic acid groups (broad SMARTS) is 1.